The van der Waals surface area contributed by atoms with Crippen LogP contribution in [0, 0.1) is 13.8 Å². The van der Waals surface area contributed by atoms with E-state index in [9.17, 15) is 4.79 Å². The van der Waals surface area contributed by atoms with E-state index in [2.05, 4.69) is 29.2 Å². The molecule has 0 amide bonds. The minimum Gasteiger partial charge on any atom is -0.296 e. The molecule has 3 nitrogen and oxygen atoms in total. The summed E-state index contributed by atoms with van der Waals surface area (Å²) in [7, 11) is 0. The molecule has 1 aliphatic rings. The molecule has 0 bridgehead atoms. The molecule has 0 aliphatic carbocycles. The zero-order valence-corrected chi connectivity index (χ0v) is 11.9. The average molecular weight is 272 g/mol. The lowest BCUT2D eigenvalue weighted by atomic mass is 10.0. The third kappa shape index (κ3) is 2.32. The van der Waals surface area contributed by atoms with Gasteiger partial charge in [0, 0.05) is 34.5 Å². The number of nitrogens with zero attached hydrogens (tertiary/aromatic N) is 2. The van der Waals surface area contributed by atoms with Crippen LogP contribution in [0.1, 0.15) is 22.9 Å². The molecule has 3 rings (SSSR count). The maximum absolute atomic E-state index is 12.0. The normalized spacial score (nSPS) is 17.5. The molecule has 1 aromatic carbocycles. The lowest BCUT2D eigenvalue weighted by Gasteiger charge is -2.15. The number of hydrogen-bond donors (Lipinski definition) is 0. The summed E-state index contributed by atoms with van der Waals surface area (Å²) in [6.07, 6.45) is 0. The minimum atomic E-state index is -0.133. The van der Waals surface area contributed by atoms with Crippen molar-refractivity contribution in [3.8, 4) is 0 Å². The minimum absolute atomic E-state index is 0.133. The maximum atomic E-state index is 12.0. The van der Waals surface area contributed by atoms with Gasteiger partial charge >= 0.3 is 5.69 Å². The molecule has 1 unspecified atom stereocenters. The van der Waals surface area contributed by atoms with Crippen LogP contribution < -0.4 is 5.69 Å². The maximum Gasteiger partial charge on any atom is 0.347 e. The Morgan fingerprint density at radius 3 is 2.95 bits per heavy atom. The summed E-state index contributed by atoms with van der Waals surface area (Å²) in [6, 6.07) is 10.4. The van der Waals surface area contributed by atoms with Crippen molar-refractivity contribution >= 4 is 11.8 Å². The first kappa shape index (κ1) is 12.5. The second-order valence-corrected chi connectivity index (χ2v) is 6.04. The van der Waals surface area contributed by atoms with E-state index >= 15 is 0 Å². The van der Waals surface area contributed by atoms with Gasteiger partial charge in [0.1, 0.15) is 0 Å². The first-order valence-corrected chi connectivity index (χ1v) is 7.40. The van der Waals surface area contributed by atoms with Crippen molar-refractivity contribution in [1.29, 1.82) is 0 Å². The van der Waals surface area contributed by atoms with Crippen molar-refractivity contribution in [3.63, 3.8) is 0 Å². The molecule has 0 fully saturated rings. The first-order valence-electron chi connectivity index (χ1n) is 6.42. The van der Waals surface area contributed by atoms with Crippen LogP contribution in [0.2, 0.25) is 0 Å². The van der Waals surface area contributed by atoms with Crippen LogP contribution >= 0.6 is 11.8 Å². The average Bonchev–Trinajstić information content (AvgIpc) is 2.77. The molecule has 0 saturated heterocycles. The zero-order valence-electron chi connectivity index (χ0n) is 11.1. The van der Waals surface area contributed by atoms with Gasteiger partial charge in [-0.3, -0.25) is 4.57 Å². The highest BCUT2D eigenvalue weighted by Crippen LogP contribution is 2.39. The van der Waals surface area contributed by atoms with Crippen molar-refractivity contribution < 1.29 is 0 Å². The predicted molar refractivity (Wildman–Crippen MR) is 77.9 cm³/mol. The zero-order chi connectivity index (χ0) is 13.4. The second-order valence-electron chi connectivity index (χ2n) is 4.98. The van der Waals surface area contributed by atoms with Gasteiger partial charge in [0.25, 0.3) is 0 Å². The number of aromatic nitrogens is 2. The van der Waals surface area contributed by atoms with Crippen LogP contribution in [0.25, 0.3) is 0 Å². The summed E-state index contributed by atoms with van der Waals surface area (Å²) >= 11 is 1.87. The summed E-state index contributed by atoms with van der Waals surface area (Å²) in [4.78, 5) is 17.4. The van der Waals surface area contributed by atoms with E-state index in [1.54, 1.807) is 4.57 Å². The number of benzene rings is 1. The number of thioether (sulfide) groups is 1. The lowest BCUT2D eigenvalue weighted by Crippen LogP contribution is -2.28. The van der Waals surface area contributed by atoms with E-state index in [1.165, 1.54) is 10.5 Å². The summed E-state index contributed by atoms with van der Waals surface area (Å²) in [5.74, 6) is 1.45. The van der Waals surface area contributed by atoms with E-state index < -0.39 is 0 Å². The molecule has 1 aliphatic heterocycles. The van der Waals surface area contributed by atoms with Gasteiger partial charge in [-0.05, 0) is 31.5 Å². The van der Waals surface area contributed by atoms with Crippen molar-refractivity contribution in [1.82, 2.24) is 9.55 Å². The summed E-state index contributed by atoms with van der Waals surface area (Å²) in [5, 5.41) is 0. The van der Waals surface area contributed by atoms with Gasteiger partial charge in [-0.15, -0.1) is 11.8 Å². The quantitative estimate of drug-likeness (QED) is 0.843. The molecule has 98 valence electrons. The van der Waals surface area contributed by atoms with Gasteiger partial charge in [-0.2, -0.15) is 4.98 Å². The van der Waals surface area contributed by atoms with Crippen LogP contribution in [0.4, 0.5) is 0 Å². The van der Waals surface area contributed by atoms with Crippen LogP contribution in [0.15, 0.2) is 40.0 Å². The van der Waals surface area contributed by atoms with E-state index in [1.807, 2.05) is 31.7 Å². The molecule has 0 radical (unpaired) electrons. The highest BCUT2D eigenvalue weighted by Gasteiger charge is 2.23. The Morgan fingerprint density at radius 2 is 2.16 bits per heavy atom. The van der Waals surface area contributed by atoms with Gasteiger partial charge in [-0.1, -0.05) is 18.2 Å². The smallest absolute Gasteiger partial charge is 0.296 e. The van der Waals surface area contributed by atoms with Gasteiger partial charge in [0.15, 0.2) is 0 Å². The van der Waals surface area contributed by atoms with Crippen LogP contribution in [-0.2, 0) is 6.54 Å². The Balaban J connectivity index is 1.94. The molecule has 0 saturated carbocycles. The van der Waals surface area contributed by atoms with Crippen LogP contribution in [0.3, 0.4) is 0 Å². The molecular weight excluding hydrogens is 256 g/mol. The van der Waals surface area contributed by atoms with Gasteiger partial charge in [0.2, 0.25) is 0 Å². The topological polar surface area (TPSA) is 34.9 Å². The molecule has 19 heavy (non-hydrogen) atoms. The fourth-order valence-corrected chi connectivity index (χ4v) is 3.84. The lowest BCUT2D eigenvalue weighted by molar-refractivity contribution is 0.560. The number of aryl methyl sites for hydroxylation is 2. The highest BCUT2D eigenvalue weighted by atomic mass is 32.2. The molecule has 2 heterocycles. The Hall–Kier alpha value is -1.55. The van der Waals surface area contributed by atoms with Crippen LogP contribution in [-0.4, -0.2) is 15.3 Å². The molecule has 0 spiro atoms. The fourth-order valence-electron chi connectivity index (χ4n) is 2.60. The van der Waals surface area contributed by atoms with Gasteiger partial charge < -0.3 is 0 Å². The first-order chi connectivity index (χ1) is 9.15. The third-order valence-electron chi connectivity index (χ3n) is 3.55. The van der Waals surface area contributed by atoms with Crippen molar-refractivity contribution in [3.05, 3.63) is 57.8 Å². The molecule has 0 N–H and O–H groups in total. The standard InChI is InChI=1S/C15H16N2OS/c1-10-7-11(2)17(15(18)16-10)8-12-9-19-14-6-4-3-5-13(12)14/h3-7,12H,8-9H2,1-2H3. The number of hydrogen-bond acceptors (Lipinski definition) is 3. The third-order valence-corrected chi connectivity index (χ3v) is 4.80. The van der Waals surface area contributed by atoms with E-state index in [0.717, 1.165) is 23.7 Å². The molecule has 1 atom stereocenters. The Kier molecular flexibility index (Phi) is 3.19. The Morgan fingerprint density at radius 1 is 1.37 bits per heavy atom. The number of rotatable bonds is 2. The monoisotopic (exact) mass is 272 g/mol. The van der Waals surface area contributed by atoms with Gasteiger partial charge in [-0.25, -0.2) is 4.79 Å². The Bertz CT molecular complexity index is 678. The summed E-state index contributed by atoms with van der Waals surface area (Å²) < 4.78 is 1.79. The van der Waals surface area contributed by atoms with E-state index in [-0.39, 0.29) is 5.69 Å². The largest absolute Gasteiger partial charge is 0.347 e. The van der Waals surface area contributed by atoms with Crippen molar-refractivity contribution in [2.75, 3.05) is 5.75 Å². The van der Waals surface area contributed by atoms with E-state index in [0.29, 0.717) is 5.92 Å². The SMILES string of the molecule is Cc1cc(C)n(CC2CSc3ccccc32)c(=O)n1. The summed E-state index contributed by atoms with van der Waals surface area (Å²) in [6.45, 7) is 4.56. The second kappa shape index (κ2) is 4.85. The molecule has 4 heteroatoms. The van der Waals surface area contributed by atoms with Crippen LogP contribution in [0.5, 0.6) is 0 Å². The fraction of sp³-hybridized carbons (Fsp3) is 0.333. The van der Waals surface area contributed by atoms with Crippen molar-refractivity contribution in [2.24, 2.45) is 0 Å². The molecule has 2 aromatic rings. The predicted octanol–water partition coefficient (Wildman–Crippen LogP) is 2.75. The van der Waals surface area contributed by atoms with Gasteiger partial charge in [0.05, 0.1) is 0 Å². The Labute approximate surface area is 116 Å². The van der Waals surface area contributed by atoms with E-state index in [4.69, 9.17) is 0 Å². The highest BCUT2D eigenvalue weighted by molar-refractivity contribution is 7.99. The molecule has 1 aromatic heterocycles. The van der Waals surface area contributed by atoms with Crippen molar-refractivity contribution in [2.45, 2.75) is 31.2 Å². The molecular formula is C15H16N2OS. The number of fused-ring (bicyclic) bond motifs is 1. The summed E-state index contributed by atoms with van der Waals surface area (Å²) in [5.41, 5.74) is 3.01.